The Morgan fingerprint density at radius 3 is 1.56 bits per heavy atom. The van der Waals surface area contributed by atoms with Gasteiger partial charge in [0.1, 0.15) is 0 Å². The molecule has 0 atom stereocenters. The van der Waals surface area contributed by atoms with E-state index in [0.717, 1.165) is 0 Å². The molecule has 0 radical (unpaired) electrons. The standard InChI is InChI=1S/C50H38/c1-50(2,3)41-27-28-46-47(32-41)49(39-19-10-17-36(30-39)37-26-25-33-13-4-5-15-35(33)29-37)45-23-9-8-22-44(45)48(46)40-20-11-18-38(31-40)43-24-12-16-34-14-6-7-21-42(34)43/h4-32H,1-3H3. The molecule has 0 heteroatoms. The Hall–Kier alpha value is -5.98. The van der Waals surface area contributed by atoms with Gasteiger partial charge in [-0.1, -0.05) is 172 Å². The summed E-state index contributed by atoms with van der Waals surface area (Å²) in [5, 5.41) is 10.2. The predicted octanol–water partition coefficient (Wildman–Crippen LogP) is 14.3. The number of hydrogen-bond donors (Lipinski definition) is 0. The van der Waals surface area contributed by atoms with Crippen LogP contribution < -0.4 is 0 Å². The summed E-state index contributed by atoms with van der Waals surface area (Å²) in [7, 11) is 0. The van der Waals surface area contributed by atoms with Crippen LogP contribution in [0.25, 0.3) is 87.6 Å². The fourth-order valence-electron chi connectivity index (χ4n) is 7.81. The molecule has 0 N–H and O–H groups in total. The minimum Gasteiger partial charge on any atom is -0.0616 e. The van der Waals surface area contributed by atoms with E-state index >= 15 is 0 Å². The summed E-state index contributed by atoms with van der Waals surface area (Å²) in [4.78, 5) is 0. The van der Waals surface area contributed by atoms with Gasteiger partial charge in [-0.05, 0) is 123 Å². The van der Waals surface area contributed by atoms with Crippen LogP contribution in [0.5, 0.6) is 0 Å². The van der Waals surface area contributed by atoms with E-state index in [1.807, 2.05) is 0 Å². The van der Waals surface area contributed by atoms with Crippen LogP contribution in [0.2, 0.25) is 0 Å². The van der Waals surface area contributed by atoms with E-state index in [1.165, 1.54) is 93.2 Å². The van der Waals surface area contributed by atoms with Crippen LogP contribution in [0.4, 0.5) is 0 Å². The molecule has 0 aliphatic heterocycles. The van der Waals surface area contributed by atoms with Gasteiger partial charge in [0.25, 0.3) is 0 Å². The number of benzene rings is 9. The summed E-state index contributed by atoms with van der Waals surface area (Å²) in [6.45, 7) is 6.93. The molecule has 0 spiro atoms. The zero-order valence-corrected chi connectivity index (χ0v) is 28.7. The summed E-state index contributed by atoms with van der Waals surface area (Å²) in [6, 6.07) is 65.1. The number of hydrogen-bond acceptors (Lipinski definition) is 0. The molecule has 238 valence electrons. The third kappa shape index (κ3) is 5.16. The van der Waals surface area contributed by atoms with E-state index in [4.69, 9.17) is 0 Å². The zero-order chi connectivity index (χ0) is 33.8. The largest absolute Gasteiger partial charge is 0.0616 e. The van der Waals surface area contributed by atoms with Crippen molar-refractivity contribution in [3.63, 3.8) is 0 Å². The molecule has 0 nitrogen and oxygen atoms in total. The summed E-state index contributed by atoms with van der Waals surface area (Å²) >= 11 is 0. The molecule has 0 unspecified atom stereocenters. The third-order valence-electron chi connectivity index (χ3n) is 10.4. The SMILES string of the molecule is CC(C)(C)c1ccc2c(-c3cccc(-c4cccc5ccccc45)c3)c3ccccc3c(-c3cccc(-c4ccc5ccccc5c4)c3)c2c1. The average Bonchev–Trinajstić information content (AvgIpc) is 3.16. The molecular formula is C50H38. The molecule has 0 heterocycles. The molecule has 0 saturated heterocycles. The molecule has 9 aromatic rings. The Labute approximate surface area is 294 Å². The van der Waals surface area contributed by atoms with E-state index in [2.05, 4.69) is 197 Å². The third-order valence-corrected chi connectivity index (χ3v) is 10.4. The fraction of sp³-hybridized carbons (Fsp3) is 0.0800. The topological polar surface area (TPSA) is 0 Å². The van der Waals surface area contributed by atoms with Crippen molar-refractivity contribution in [2.75, 3.05) is 0 Å². The maximum absolute atomic E-state index is 2.46. The van der Waals surface area contributed by atoms with Crippen molar-refractivity contribution in [1.82, 2.24) is 0 Å². The smallest absolute Gasteiger partial charge is 0.00261 e. The molecule has 0 amide bonds. The first-order valence-corrected chi connectivity index (χ1v) is 17.6. The quantitative estimate of drug-likeness (QED) is 0.168. The Morgan fingerprint density at radius 2 is 0.820 bits per heavy atom. The molecule has 0 fully saturated rings. The lowest BCUT2D eigenvalue weighted by molar-refractivity contribution is 0.591. The van der Waals surface area contributed by atoms with Crippen LogP contribution >= 0.6 is 0 Å². The maximum atomic E-state index is 2.46. The van der Waals surface area contributed by atoms with Gasteiger partial charge < -0.3 is 0 Å². The van der Waals surface area contributed by atoms with Crippen LogP contribution in [0.3, 0.4) is 0 Å². The highest BCUT2D eigenvalue weighted by atomic mass is 14.2. The van der Waals surface area contributed by atoms with Crippen molar-refractivity contribution in [3.05, 3.63) is 181 Å². The second-order valence-corrected chi connectivity index (χ2v) is 14.6. The summed E-state index contributed by atoms with van der Waals surface area (Å²) in [5.41, 5.74) is 11.3. The monoisotopic (exact) mass is 638 g/mol. The highest BCUT2D eigenvalue weighted by Crippen LogP contribution is 2.46. The van der Waals surface area contributed by atoms with Crippen LogP contribution in [0.15, 0.2) is 176 Å². The van der Waals surface area contributed by atoms with Crippen molar-refractivity contribution in [1.29, 1.82) is 0 Å². The van der Waals surface area contributed by atoms with Crippen LogP contribution in [-0.4, -0.2) is 0 Å². The van der Waals surface area contributed by atoms with E-state index in [-0.39, 0.29) is 5.41 Å². The Kier molecular flexibility index (Phi) is 7.14. The lowest BCUT2D eigenvalue weighted by Crippen LogP contribution is -2.10. The second kappa shape index (κ2) is 11.9. The molecule has 0 aliphatic rings. The lowest BCUT2D eigenvalue weighted by Gasteiger charge is -2.23. The summed E-state index contributed by atoms with van der Waals surface area (Å²) in [5.74, 6) is 0. The predicted molar refractivity (Wildman–Crippen MR) is 217 cm³/mol. The normalized spacial score (nSPS) is 11.9. The molecule has 0 aromatic heterocycles. The van der Waals surface area contributed by atoms with E-state index in [9.17, 15) is 0 Å². The van der Waals surface area contributed by atoms with Crippen molar-refractivity contribution in [3.8, 4) is 44.5 Å². The minimum atomic E-state index is 0.0124. The molecule has 50 heavy (non-hydrogen) atoms. The maximum Gasteiger partial charge on any atom is -0.00261 e. The van der Waals surface area contributed by atoms with Crippen LogP contribution in [-0.2, 0) is 5.41 Å². The fourth-order valence-corrected chi connectivity index (χ4v) is 7.81. The average molecular weight is 639 g/mol. The van der Waals surface area contributed by atoms with Crippen molar-refractivity contribution >= 4 is 43.1 Å². The highest BCUT2D eigenvalue weighted by molar-refractivity contribution is 6.22. The van der Waals surface area contributed by atoms with Gasteiger partial charge in [-0.15, -0.1) is 0 Å². The van der Waals surface area contributed by atoms with Gasteiger partial charge in [-0.25, -0.2) is 0 Å². The first-order chi connectivity index (χ1) is 24.4. The summed E-state index contributed by atoms with van der Waals surface area (Å²) < 4.78 is 0. The van der Waals surface area contributed by atoms with E-state index in [1.54, 1.807) is 0 Å². The highest BCUT2D eigenvalue weighted by Gasteiger charge is 2.21. The Balaban J connectivity index is 1.31. The van der Waals surface area contributed by atoms with Gasteiger partial charge in [0, 0.05) is 0 Å². The number of rotatable bonds is 4. The second-order valence-electron chi connectivity index (χ2n) is 14.6. The van der Waals surface area contributed by atoms with Gasteiger partial charge in [-0.3, -0.25) is 0 Å². The van der Waals surface area contributed by atoms with Gasteiger partial charge in [0.2, 0.25) is 0 Å². The first-order valence-electron chi connectivity index (χ1n) is 17.6. The van der Waals surface area contributed by atoms with Crippen molar-refractivity contribution < 1.29 is 0 Å². The Morgan fingerprint density at radius 1 is 0.300 bits per heavy atom. The lowest BCUT2D eigenvalue weighted by atomic mass is 9.81. The number of fused-ring (bicyclic) bond motifs is 4. The van der Waals surface area contributed by atoms with Gasteiger partial charge in [0.15, 0.2) is 0 Å². The van der Waals surface area contributed by atoms with Crippen molar-refractivity contribution in [2.45, 2.75) is 26.2 Å². The van der Waals surface area contributed by atoms with Gasteiger partial charge in [0.05, 0.1) is 0 Å². The van der Waals surface area contributed by atoms with E-state index < -0.39 is 0 Å². The van der Waals surface area contributed by atoms with Crippen LogP contribution in [0.1, 0.15) is 26.3 Å². The molecule has 0 saturated carbocycles. The van der Waals surface area contributed by atoms with Gasteiger partial charge >= 0.3 is 0 Å². The van der Waals surface area contributed by atoms with Crippen LogP contribution in [0, 0.1) is 0 Å². The van der Waals surface area contributed by atoms with Crippen molar-refractivity contribution in [2.24, 2.45) is 0 Å². The molecule has 9 rings (SSSR count). The first kappa shape index (κ1) is 30.1. The Bertz CT molecular complexity index is 2730. The minimum absolute atomic E-state index is 0.0124. The molecule has 0 aliphatic carbocycles. The summed E-state index contributed by atoms with van der Waals surface area (Å²) in [6.07, 6.45) is 0. The van der Waals surface area contributed by atoms with Gasteiger partial charge in [-0.2, -0.15) is 0 Å². The molecule has 0 bridgehead atoms. The van der Waals surface area contributed by atoms with E-state index in [0.29, 0.717) is 0 Å². The molecular weight excluding hydrogens is 601 g/mol. The zero-order valence-electron chi connectivity index (χ0n) is 28.7. The molecule has 9 aromatic carbocycles.